The zero-order valence-electron chi connectivity index (χ0n) is 13.7. The van der Waals surface area contributed by atoms with Gasteiger partial charge in [0.25, 0.3) is 0 Å². The number of hydrogen-bond donors (Lipinski definition) is 0. The minimum absolute atomic E-state index is 0.117. The lowest BCUT2D eigenvalue weighted by Crippen LogP contribution is -2.08. The van der Waals surface area contributed by atoms with Gasteiger partial charge in [0, 0.05) is 15.6 Å². The van der Waals surface area contributed by atoms with E-state index in [-0.39, 0.29) is 18.0 Å². The Kier molecular flexibility index (Phi) is 4.12. The summed E-state index contributed by atoms with van der Waals surface area (Å²) in [5.74, 6) is 0.322. The van der Waals surface area contributed by atoms with Crippen molar-refractivity contribution in [1.82, 2.24) is 0 Å². The quantitative estimate of drug-likeness (QED) is 0.574. The molecule has 0 radical (unpaired) electrons. The molecule has 4 rings (SSSR count). The van der Waals surface area contributed by atoms with E-state index in [0.29, 0.717) is 21.4 Å². The average molecular weight is 403 g/mol. The molecule has 2 aromatic carbocycles. The van der Waals surface area contributed by atoms with Crippen molar-refractivity contribution in [3.63, 3.8) is 0 Å². The lowest BCUT2D eigenvalue weighted by Gasteiger charge is -2.13. The largest absolute Gasteiger partial charge is 0.488 e. The fourth-order valence-corrected chi connectivity index (χ4v) is 3.75. The molecular weight excluding hydrogens is 387 g/mol. The summed E-state index contributed by atoms with van der Waals surface area (Å²) in [4.78, 5) is 12.1. The Balaban J connectivity index is 1.79. The second-order valence-electron chi connectivity index (χ2n) is 6.36. The Morgan fingerprint density at radius 1 is 1.20 bits per heavy atom. The molecule has 128 valence electrons. The molecule has 1 aliphatic rings. The van der Waals surface area contributed by atoms with Crippen molar-refractivity contribution in [2.75, 3.05) is 0 Å². The molecular formula is C20H16BrFO3. The molecule has 0 fully saturated rings. The highest BCUT2D eigenvalue weighted by Crippen LogP contribution is 2.35. The third kappa shape index (κ3) is 2.97. The Morgan fingerprint density at radius 3 is 2.80 bits per heavy atom. The van der Waals surface area contributed by atoms with Crippen LogP contribution in [-0.2, 0) is 19.4 Å². The molecule has 0 N–H and O–H groups in total. The van der Waals surface area contributed by atoms with Crippen LogP contribution in [0.3, 0.4) is 0 Å². The van der Waals surface area contributed by atoms with Gasteiger partial charge in [-0.3, -0.25) is 0 Å². The van der Waals surface area contributed by atoms with E-state index < -0.39 is 0 Å². The van der Waals surface area contributed by atoms with Gasteiger partial charge in [0.2, 0.25) is 0 Å². The number of rotatable bonds is 3. The Hall–Kier alpha value is -2.14. The van der Waals surface area contributed by atoms with Gasteiger partial charge in [-0.15, -0.1) is 0 Å². The topological polar surface area (TPSA) is 39.4 Å². The molecule has 1 aliphatic carbocycles. The van der Waals surface area contributed by atoms with Crippen molar-refractivity contribution >= 4 is 26.9 Å². The zero-order valence-corrected chi connectivity index (χ0v) is 15.3. The van der Waals surface area contributed by atoms with Gasteiger partial charge in [0.1, 0.15) is 23.8 Å². The average Bonchev–Trinajstić information content (AvgIpc) is 3.03. The third-order valence-corrected chi connectivity index (χ3v) is 5.07. The Bertz CT molecular complexity index is 1040. The van der Waals surface area contributed by atoms with Gasteiger partial charge in [0.15, 0.2) is 0 Å². The fourth-order valence-electron chi connectivity index (χ4n) is 3.41. The minimum Gasteiger partial charge on any atom is -0.488 e. The Morgan fingerprint density at radius 2 is 2.00 bits per heavy atom. The van der Waals surface area contributed by atoms with Crippen LogP contribution in [-0.4, -0.2) is 0 Å². The summed E-state index contributed by atoms with van der Waals surface area (Å²) < 4.78 is 26.2. The summed E-state index contributed by atoms with van der Waals surface area (Å²) in [5.41, 5.74) is 3.45. The van der Waals surface area contributed by atoms with E-state index in [0.717, 1.165) is 41.3 Å². The number of fused-ring (bicyclic) bond motifs is 3. The highest BCUT2D eigenvalue weighted by molar-refractivity contribution is 9.10. The summed E-state index contributed by atoms with van der Waals surface area (Å²) in [7, 11) is 0. The van der Waals surface area contributed by atoms with Crippen molar-refractivity contribution in [1.29, 1.82) is 0 Å². The van der Waals surface area contributed by atoms with E-state index >= 15 is 0 Å². The van der Waals surface area contributed by atoms with Crippen LogP contribution in [0.4, 0.5) is 4.39 Å². The van der Waals surface area contributed by atoms with Crippen LogP contribution in [0.2, 0.25) is 0 Å². The minimum atomic E-state index is -0.317. The SMILES string of the molecule is Cc1cc(OCc2ccc(Br)cc2F)c2c3c(c(=O)oc2c1)CCC3. The molecule has 0 saturated carbocycles. The fraction of sp³-hybridized carbons (Fsp3) is 0.250. The summed E-state index contributed by atoms with van der Waals surface area (Å²) in [6.07, 6.45) is 2.51. The molecule has 0 saturated heterocycles. The van der Waals surface area contributed by atoms with Crippen molar-refractivity contribution in [3.8, 4) is 5.75 Å². The molecule has 0 unspecified atom stereocenters. The molecule has 1 aromatic heterocycles. The van der Waals surface area contributed by atoms with Crippen molar-refractivity contribution in [3.05, 3.63) is 73.3 Å². The molecule has 0 spiro atoms. The molecule has 0 amide bonds. The number of aryl methyl sites for hydroxylation is 2. The lowest BCUT2D eigenvalue weighted by atomic mass is 10.0. The molecule has 3 nitrogen and oxygen atoms in total. The van der Waals surface area contributed by atoms with E-state index in [9.17, 15) is 9.18 Å². The van der Waals surface area contributed by atoms with E-state index in [1.54, 1.807) is 12.1 Å². The summed E-state index contributed by atoms with van der Waals surface area (Å²) in [6.45, 7) is 2.03. The third-order valence-electron chi connectivity index (χ3n) is 4.58. The monoisotopic (exact) mass is 402 g/mol. The molecule has 25 heavy (non-hydrogen) atoms. The van der Waals surface area contributed by atoms with Crippen LogP contribution >= 0.6 is 15.9 Å². The van der Waals surface area contributed by atoms with Crippen molar-refractivity contribution in [2.24, 2.45) is 0 Å². The van der Waals surface area contributed by atoms with Crippen LogP contribution in [0, 0.1) is 12.7 Å². The second-order valence-corrected chi connectivity index (χ2v) is 7.28. The normalized spacial score (nSPS) is 13.2. The maximum atomic E-state index is 14.0. The lowest BCUT2D eigenvalue weighted by molar-refractivity contribution is 0.302. The van der Waals surface area contributed by atoms with E-state index in [2.05, 4.69) is 15.9 Å². The molecule has 0 bridgehead atoms. The molecule has 1 heterocycles. The molecule has 0 atom stereocenters. The molecule has 5 heteroatoms. The van der Waals surface area contributed by atoms with Gasteiger partial charge < -0.3 is 9.15 Å². The maximum Gasteiger partial charge on any atom is 0.339 e. The predicted octanol–water partition coefficient (Wildman–Crippen LogP) is 5.07. The van der Waals surface area contributed by atoms with Crippen molar-refractivity contribution < 1.29 is 13.5 Å². The standard InChI is InChI=1S/C20H16BrFO3/c1-11-7-17(24-10-12-5-6-13(21)9-16(12)22)19-14-3-2-4-15(14)20(23)25-18(19)8-11/h5-9H,2-4,10H2,1H3. The first-order chi connectivity index (χ1) is 12.0. The number of ether oxygens (including phenoxy) is 1. The smallest absolute Gasteiger partial charge is 0.339 e. The summed E-state index contributed by atoms with van der Waals surface area (Å²) in [6, 6.07) is 8.67. The van der Waals surface area contributed by atoms with Crippen LogP contribution in [0.1, 0.15) is 28.7 Å². The highest BCUT2D eigenvalue weighted by Gasteiger charge is 2.22. The van der Waals surface area contributed by atoms with Crippen molar-refractivity contribution in [2.45, 2.75) is 32.8 Å². The molecule has 0 aliphatic heterocycles. The van der Waals surface area contributed by atoms with Crippen LogP contribution in [0.5, 0.6) is 5.75 Å². The highest BCUT2D eigenvalue weighted by atomic mass is 79.9. The van der Waals surface area contributed by atoms with Crippen LogP contribution < -0.4 is 10.4 Å². The van der Waals surface area contributed by atoms with E-state index in [1.807, 2.05) is 19.1 Å². The first-order valence-electron chi connectivity index (χ1n) is 8.19. The van der Waals surface area contributed by atoms with Crippen LogP contribution in [0.15, 0.2) is 44.0 Å². The summed E-state index contributed by atoms with van der Waals surface area (Å²) >= 11 is 3.25. The zero-order chi connectivity index (χ0) is 17.6. The van der Waals surface area contributed by atoms with E-state index in [4.69, 9.17) is 9.15 Å². The number of halogens is 2. The second kappa shape index (κ2) is 6.30. The number of hydrogen-bond acceptors (Lipinski definition) is 3. The van der Waals surface area contributed by atoms with Gasteiger partial charge in [-0.25, -0.2) is 9.18 Å². The first-order valence-corrected chi connectivity index (χ1v) is 8.98. The Labute approximate surface area is 152 Å². The van der Waals surface area contributed by atoms with Gasteiger partial charge >= 0.3 is 5.63 Å². The summed E-state index contributed by atoms with van der Waals surface area (Å²) in [5, 5.41) is 0.843. The number of benzene rings is 2. The first kappa shape index (κ1) is 16.3. The predicted molar refractivity (Wildman–Crippen MR) is 97.7 cm³/mol. The van der Waals surface area contributed by atoms with Gasteiger partial charge in [0.05, 0.1) is 5.39 Å². The van der Waals surface area contributed by atoms with E-state index in [1.165, 1.54) is 6.07 Å². The van der Waals surface area contributed by atoms with Crippen LogP contribution in [0.25, 0.3) is 11.0 Å². The maximum absolute atomic E-state index is 14.0. The van der Waals surface area contributed by atoms with Gasteiger partial charge in [-0.2, -0.15) is 0 Å². The van der Waals surface area contributed by atoms with Gasteiger partial charge in [-0.05, 0) is 61.6 Å². The van der Waals surface area contributed by atoms with Gasteiger partial charge in [-0.1, -0.05) is 22.0 Å². The molecule has 3 aromatic rings.